The first-order valence-electron chi connectivity index (χ1n) is 6.74. The molecule has 2 N–H and O–H groups in total. The van der Waals surface area contributed by atoms with Crippen LogP contribution in [-0.2, 0) is 5.54 Å². The number of aliphatic imine (C=N–C) groups is 1. The first-order valence-corrected chi connectivity index (χ1v) is 6.74. The maximum Gasteiger partial charge on any atom is 0.192 e. The molecule has 1 aromatic rings. The zero-order valence-corrected chi connectivity index (χ0v) is 11.6. The van der Waals surface area contributed by atoms with E-state index in [2.05, 4.69) is 29.5 Å². The minimum atomic E-state index is -0.270. The number of nitrogens with two attached hydrogens (primary N) is 1. The Morgan fingerprint density at radius 1 is 1.40 bits per heavy atom. The van der Waals surface area contributed by atoms with Crippen molar-refractivity contribution < 1.29 is 9.47 Å². The van der Waals surface area contributed by atoms with Crippen LogP contribution in [0, 0.1) is 0 Å². The molecule has 0 fully saturated rings. The Labute approximate surface area is 118 Å². The molecule has 2 aliphatic rings. The van der Waals surface area contributed by atoms with Gasteiger partial charge < -0.3 is 20.1 Å². The van der Waals surface area contributed by atoms with Crippen LogP contribution in [0.5, 0.6) is 11.5 Å². The third-order valence-electron chi connectivity index (χ3n) is 3.90. The molecule has 0 saturated carbocycles. The van der Waals surface area contributed by atoms with Gasteiger partial charge in [-0.1, -0.05) is 12.1 Å². The smallest absolute Gasteiger partial charge is 0.192 e. The summed E-state index contributed by atoms with van der Waals surface area (Å²) in [4.78, 5) is 6.44. The van der Waals surface area contributed by atoms with Crippen LogP contribution in [0.2, 0.25) is 0 Å². The van der Waals surface area contributed by atoms with Gasteiger partial charge in [0.25, 0.3) is 0 Å². The molecule has 1 unspecified atom stereocenters. The molecule has 3 rings (SSSR count). The standard InChI is InChI=1S/C15H19N3O2/c1-3-6-18-14(16)17-10-15(18,2)11-4-5-12-13(9-11)20-8-7-19-12/h3-5,9H,1,6-8,10H2,2H3,(H2,16,17). The Balaban J connectivity index is 1.97. The van der Waals surface area contributed by atoms with Crippen molar-refractivity contribution in [2.45, 2.75) is 12.5 Å². The minimum absolute atomic E-state index is 0.270. The maximum atomic E-state index is 5.99. The number of fused-ring (bicyclic) bond motifs is 1. The summed E-state index contributed by atoms with van der Waals surface area (Å²) in [5.74, 6) is 2.15. The summed E-state index contributed by atoms with van der Waals surface area (Å²) >= 11 is 0. The van der Waals surface area contributed by atoms with Gasteiger partial charge >= 0.3 is 0 Å². The van der Waals surface area contributed by atoms with Crippen LogP contribution in [0.4, 0.5) is 0 Å². The summed E-state index contributed by atoms with van der Waals surface area (Å²) in [5, 5.41) is 0. The number of hydrogen-bond donors (Lipinski definition) is 1. The summed E-state index contributed by atoms with van der Waals surface area (Å²) in [7, 11) is 0. The predicted molar refractivity (Wildman–Crippen MR) is 78.2 cm³/mol. The number of ether oxygens (including phenoxy) is 2. The first-order chi connectivity index (χ1) is 9.65. The molecule has 1 aromatic carbocycles. The van der Waals surface area contributed by atoms with E-state index in [1.165, 1.54) is 0 Å². The van der Waals surface area contributed by atoms with E-state index in [4.69, 9.17) is 15.2 Å². The second-order valence-electron chi connectivity index (χ2n) is 5.21. The van der Waals surface area contributed by atoms with Gasteiger partial charge in [-0.05, 0) is 24.6 Å². The zero-order valence-electron chi connectivity index (χ0n) is 11.6. The van der Waals surface area contributed by atoms with Gasteiger partial charge in [0.05, 0.1) is 12.1 Å². The van der Waals surface area contributed by atoms with E-state index in [9.17, 15) is 0 Å². The van der Waals surface area contributed by atoms with Gasteiger partial charge in [-0.3, -0.25) is 4.99 Å². The topological polar surface area (TPSA) is 60.1 Å². The van der Waals surface area contributed by atoms with Gasteiger partial charge in [0.15, 0.2) is 17.5 Å². The van der Waals surface area contributed by atoms with E-state index < -0.39 is 0 Å². The fraction of sp³-hybridized carbons (Fsp3) is 0.400. The number of guanidine groups is 1. The van der Waals surface area contributed by atoms with Gasteiger partial charge in [0.2, 0.25) is 0 Å². The molecule has 2 heterocycles. The van der Waals surface area contributed by atoms with Crippen LogP contribution >= 0.6 is 0 Å². The van der Waals surface area contributed by atoms with Gasteiger partial charge in [-0.2, -0.15) is 0 Å². The van der Waals surface area contributed by atoms with Crippen molar-refractivity contribution in [1.82, 2.24) is 4.90 Å². The Hall–Kier alpha value is -2.17. The Morgan fingerprint density at radius 2 is 2.15 bits per heavy atom. The summed E-state index contributed by atoms with van der Waals surface area (Å²) < 4.78 is 11.2. The van der Waals surface area contributed by atoms with E-state index in [1.54, 1.807) is 0 Å². The van der Waals surface area contributed by atoms with Crippen LogP contribution in [-0.4, -0.2) is 37.2 Å². The van der Waals surface area contributed by atoms with Crippen molar-refractivity contribution in [3.63, 3.8) is 0 Å². The van der Waals surface area contributed by atoms with Crippen molar-refractivity contribution in [1.29, 1.82) is 0 Å². The van der Waals surface area contributed by atoms with Gasteiger partial charge in [-0.25, -0.2) is 0 Å². The summed E-state index contributed by atoms with van der Waals surface area (Å²) in [6.45, 7) is 8.40. The van der Waals surface area contributed by atoms with E-state index in [0.717, 1.165) is 17.1 Å². The molecule has 0 radical (unpaired) electrons. The maximum absolute atomic E-state index is 5.99. The van der Waals surface area contributed by atoms with Crippen molar-refractivity contribution in [3.8, 4) is 11.5 Å². The van der Waals surface area contributed by atoms with Crippen LogP contribution in [0.15, 0.2) is 35.8 Å². The molecule has 5 heteroatoms. The SMILES string of the molecule is C=CCN1C(N)=NCC1(C)c1ccc2c(c1)OCCO2. The van der Waals surface area contributed by atoms with E-state index >= 15 is 0 Å². The molecule has 2 aliphatic heterocycles. The molecular formula is C15H19N3O2. The second kappa shape index (κ2) is 4.74. The van der Waals surface area contributed by atoms with Crippen molar-refractivity contribution in [2.75, 3.05) is 26.3 Å². The molecule has 5 nitrogen and oxygen atoms in total. The molecule has 1 atom stereocenters. The Morgan fingerprint density at radius 3 is 2.90 bits per heavy atom. The highest BCUT2D eigenvalue weighted by Gasteiger charge is 2.39. The lowest BCUT2D eigenvalue weighted by atomic mass is 9.90. The summed E-state index contributed by atoms with van der Waals surface area (Å²) in [5.41, 5.74) is 6.84. The highest BCUT2D eigenvalue weighted by atomic mass is 16.6. The second-order valence-corrected chi connectivity index (χ2v) is 5.21. The highest BCUT2D eigenvalue weighted by Crippen LogP contribution is 2.38. The quantitative estimate of drug-likeness (QED) is 0.848. The average molecular weight is 273 g/mol. The Bertz CT molecular complexity index is 570. The number of hydrogen-bond acceptors (Lipinski definition) is 5. The number of rotatable bonds is 3. The van der Waals surface area contributed by atoms with Crippen LogP contribution < -0.4 is 15.2 Å². The summed E-state index contributed by atoms with van der Waals surface area (Å²) in [6, 6.07) is 6.03. The van der Waals surface area contributed by atoms with Crippen LogP contribution in [0.25, 0.3) is 0 Å². The van der Waals surface area contributed by atoms with Crippen molar-refractivity contribution in [2.24, 2.45) is 10.7 Å². The molecule has 0 saturated heterocycles. The van der Waals surface area contributed by atoms with Crippen molar-refractivity contribution >= 4 is 5.96 Å². The third kappa shape index (κ3) is 1.90. The largest absolute Gasteiger partial charge is 0.486 e. The molecule has 106 valence electrons. The molecule has 20 heavy (non-hydrogen) atoms. The lowest BCUT2D eigenvalue weighted by Crippen LogP contribution is -2.47. The number of nitrogens with zero attached hydrogens (tertiary/aromatic N) is 2. The number of benzene rings is 1. The van der Waals surface area contributed by atoms with Gasteiger partial charge in [-0.15, -0.1) is 6.58 Å². The first kappa shape index (κ1) is 12.8. The van der Waals surface area contributed by atoms with Gasteiger partial charge in [0, 0.05) is 6.54 Å². The Kier molecular flexibility index (Phi) is 3.04. The minimum Gasteiger partial charge on any atom is -0.486 e. The zero-order chi connectivity index (χ0) is 14.2. The molecule has 0 spiro atoms. The summed E-state index contributed by atoms with van der Waals surface area (Å²) in [6.07, 6.45) is 1.84. The molecule has 0 amide bonds. The average Bonchev–Trinajstić information content (AvgIpc) is 2.77. The molecule has 0 aromatic heterocycles. The van der Waals surface area contributed by atoms with Crippen LogP contribution in [0.1, 0.15) is 12.5 Å². The van der Waals surface area contributed by atoms with E-state index in [1.807, 2.05) is 18.2 Å². The van der Waals surface area contributed by atoms with E-state index in [-0.39, 0.29) is 5.54 Å². The van der Waals surface area contributed by atoms with E-state index in [0.29, 0.717) is 32.3 Å². The van der Waals surface area contributed by atoms with Crippen molar-refractivity contribution in [3.05, 3.63) is 36.4 Å². The molecule has 0 bridgehead atoms. The lowest BCUT2D eigenvalue weighted by molar-refractivity contribution is 0.170. The highest BCUT2D eigenvalue weighted by molar-refractivity contribution is 5.81. The monoisotopic (exact) mass is 273 g/mol. The normalized spacial score (nSPS) is 24.4. The lowest BCUT2D eigenvalue weighted by Gasteiger charge is -2.36. The van der Waals surface area contributed by atoms with Gasteiger partial charge in [0.1, 0.15) is 13.2 Å². The predicted octanol–water partition coefficient (Wildman–Crippen LogP) is 1.49. The molecular weight excluding hydrogens is 254 g/mol. The fourth-order valence-corrected chi connectivity index (χ4v) is 2.71. The third-order valence-corrected chi connectivity index (χ3v) is 3.90. The molecule has 0 aliphatic carbocycles. The fourth-order valence-electron chi connectivity index (χ4n) is 2.71. The van der Waals surface area contributed by atoms with Crippen LogP contribution in [0.3, 0.4) is 0 Å².